The van der Waals surface area contributed by atoms with Crippen molar-refractivity contribution in [2.75, 3.05) is 13.1 Å². The number of nitrogens with one attached hydrogen (secondary N) is 8. The van der Waals surface area contributed by atoms with Gasteiger partial charge in [0, 0.05) is 85.0 Å². The second kappa shape index (κ2) is 40.8. The lowest BCUT2D eigenvalue weighted by molar-refractivity contribution is -0.144. The van der Waals surface area contributed by atoms with Gasteiger partial charge in [-0.05, 0) is 146 Å². The van der Waals surface area contributed by atoms with E-state index in [1.54, 1.807) is 41.5 Å². The fourth-order valence-electron chi connectivity index (χ4n) is 14.1. The number of carbonyl (C=O) groups excluding carboxylic acids is 11. The van der Waals surface area contributed by atoms with Crippen molar-refractivity contribution in [3.63, 3.8) is 0 Å². The zero-order chi connectivity index (χ0) is 84.9. The average Bonchev–Trinajstić information content (AvgIpc) is 0.918. The quantitative estimate of drug-likeness (QED) is 0.0189. The highest BCUT2D eigenvalue weighted by atomic mass is 16.4. The maximum absolute atomic E-state index is 15.0. The Labute approximate surface area is 666 Å². The Morgan fingerprint density at radius 3 is 1.47 bits per heavy atom. The van der Waals surface area contributed by atoms with E-state index >= 15 is 0 Å². The number of nitrogens with zero attached hydrogens (tertiary/aromatic N) is 2. The summed E-state index contributed by atoms with van der Waals surface area (Å²) in [7, 11) is 0. The molecule has 0 radical (unpaired) electrons. The van der Waals surface area contributed by atoms with Gasteiger partial charge in [0.1, 0.15) is 89.0 Å². The molecule has 8 rings (SSSR count). The molecule has 0 bridgehead atoms. The summed E-state index contributed by atoms with van der Waals surface area (Å²) in [5.41, 5.74) is 1.42. The molecule has 0 unspecified atom stereocenters. The van der Waals surface area contributed by atoms with Crippen LogP contribution in [0.25, 0.3) is 33.4 Å². The Balaban J connectivity index is 0.990. The number of carboxylic acid groups (broad SMARTS) is 4. The number of hydrogen-bond acceptors (Lipinski definition) is 20. The van der Waals surface area contributed by atoms with Gasteiger partial charge in [-0.15, -0.1) is 0 Å². The number of amides is 10. The number of aliphatic carboxylic acids is 4. The molecule has 12 atom stereocenters. The van der Waals surface area contributed by atoms with E-state index in [2.05, 4.69) is 42.5 Å². The first-order valence-corrected chi connectivity index (χ1v) is 38.4. The molecule has 1 aliphatic carbocycles. The molecule has 10 amide bonds. The summed E-state index contributed by atoms with van der Waals surface area (Å²) in [6.07, 6.45) is -3.14. The molecule has 3 heterocycles. The Morgan fingerprint density at radius 1 is 0.483 bits per heavy atom. The van der Waals surface area contributed by atoms with Crippen LogP contribution in [0.15, 0.2) is 112 Å². The number of phenolic OH excluding ortho intramolecular Hbond substituents is 3. The number of likely N-dealkylation sites (tertiary alicyclic amines) is 2. The Hall–Kier alpha value is -12.8. The molecular formula is C82H98N10O24. The largest absolute Gasteiger partial charge is 0.508 e. The monoisotopic (exact) mass is 1610 g/mol. The maximum Gasteiger partial charge on any atom is 0.326 e. The summed E-state index contributed by atoms with van der Waals surface area (Å²) in [5.74, 6) is -16.9. The van der Waals surface area contributed by atoms with E-state index in [4.69, 9.17) is 4.42 Å². The van der Waals surface area contributed by atoms with Crippen LogP contribution in [0.1, 0.15) is 157 Å². The van der Waals surface area contributed by atoms with Crippen molar-refractivity contribution in [3.8, 4) is 39.7 Å². The maximum atomic E-state index is 15.0. The first-order valence-electron chi connectivity index (χ1n) is 38.4. The van der Waals surface area contributed by atoms with Gasteiger partial charge in [0.2, 0.25) is 53.2 Å². The van der Waals surface area contributed by atoms with E-state index in [0.29, 0.717) is 40.3 Å². The first-order chi connectivity index (χ1) is 55.1. The summed E-state index contributed by atoms with van der Waals surface area (Å²) in [4.78, 5) is 222. The van der Waals surface area contributed by atoms with Crippen LogP contribution >= 0.6 is 0 Å². The van der Waals surface area contributed by atoms with Gasteiger partial charge in [-0.2, -0.15) is 0 Å². The minimum absolute atomic E-state index is 0.0305. The SMILES string of the molecule is CC[C@H](C)[C@H](NC(=O)[C@@H]1CCCN1C(=O)[C@@H](NC(=O)[C@H](CCC(=O)O)NC(=O)[C@H](CCC(=O)O)NC(=O)[C@H](Cc1ccc(O)cc1)NC(=O)[C@@H]1CCCN1C(=O)[C@H](CCC(=O)O)NC(=O)c1ccc(-c2c3ccc(=O)cc-3oc3cc(O)ccc23)c(C=O)c1)[C@@H](C)CC)C(=O)N[C@@H](Cc1ccc(O)cc1)C(=O)N[C@@H](CC(C)C)C(=O)O. The standard InChI is InChI=1S/C82H98N10O24/c1-7-43(5)70(79(111)87-60(37-46-15-20-50(95)21-16-46)76(108)88-61(82(114)115)35-42(3)4)89-78(110)63-12-10-34-92(63)81(113)71(44(6)8-2)90-74(106)57(28-31-67(100)101)83-73(105)56(27-30-66(98)99)84-75(107)59(36-45-13-18-49(94)19-14-45)86-77(109)62-11-9-33-91(62)80(112)58(29-32-68(102)103)85-72(104)47-17-24-53(48(38-47)41-93)69-54-25-22-51(96)39-64(54)116-65-40-52(97)23-26-55(65)69/h13-26,38-44,56-63,70-71,94-96H,7-12,27-37H2,1-6H3,(H,83,105)(H,84,107)(H,85,104)(H,86,109)(H,87,111)(H,88,108)(H,89,110)(H,90,106)(H,98,99)(H,100,101)(H,102,103)(H,114,115)/t43-,44-,56-,57-,58-,59-,60-,61-,62-,63-,70-,71-/m0/s1. The van der Waals surface area contributed by atoms with E-state index in [9.17, 15) is 112 Å². The molecule has 0 spiro atoms. The second-order valence-corrected chi connectivity index (χ2v) is 29.7. The van der Waals surface area contributed by atoms with Gasteiger partial charge in [0.05, 0.1) is 0 Å². The van der Waals surface area contributed by atoms with Crippen molar-refractivity contribution in [1.82, 2.24) is 52.3 Å². The summed E-state index contributed by atoms with van der Waals surface area (Å²) in [6, 6.07) is 8.09. The van der Waals surface area contributed by atoms with Gasteiger partial charge in [0.15, 0.2) is 11.7 Å². The first kappa shape index (κ1) is 88.8. The Morgan fingerprint density at radius 2 is 0.948 bits per heavy atom. The van der Waals surface area contributed by atoms with Crippen molar-refractivity contribution in [2.45, 2.75) is 198 Å². The molecule has 3 aliphatic heterocycles. The second-order valence-electron chi connectivity index (χ2n) is 29.7. The highest BCUT2D eigenvalue weighted by molar-refractivity contribution is 6.08. The van der Waals surface area contributed by atoms with Crippen molar-refractivity contribution < 1.29 is 112 Å². The van der Waals surface area contributed by atoms with Crippen molar-refractivity contribution >= 4 is 100 Å². The van der Waals surface area contributed by atoms with E-state index in [0.717, 1.165) is 4.90 Å². The van der Waals surface area contributed by atoms with Gasteiger partial charge in [0.25, 0.3) is 5.91 Å². The molecule has 2 fully saturated rings. The molecule has 4 aromatic rings. The highest BCUT2D eigenvalue weighted by Gasteiger charge is 2.44. The number of rotatable bonds is 40. The fourth-order valence-corrected chi connectivity index (χ4v) is 14.1. The minimum Gasteiger partial charge on any atom is -0.508 e. The topological polar surface area (TPSA) is 531 Å². The van der Waals surface area contributed by atoms with Crippen molar-refractivity contribution in [1.29, 1.82) is 0 Å². The molecule has 0 aromatic heterocycles. The molecule has 4 aromatic carbocycles. The van der Waals surface area contributed by atoms with Crippen LogP contribution < -0.4 is 48.0 Å². The smallest absolute Gasteiger partial charge is 0.326 e. The number of aromatic hydroxyl groups is 3. The van der Waals surface area contributed by atoms with Gasteiger partial charge in [-0.25, -0.2) is 4.79 Å². The van der Waals surface area contributed by atoms with Gasteiger partial charge in [-0.3, -0.25) is 71.9 Å². The number of carbonyl (C=O) groups is 15. The van der Waals surface area contributed by atoms with E-state index in [1.807, 2.05) is 0 Å². The molecule has 0 saturated carbocycles. The van der Waals surface area contributed by atoms with Gasteiger partial charge >= 0.3 is 23.9 Å². The van der Waals surface area contributed by atoms with Crippen LogP contribution in [0.3, 0.4) is 0 Å². The summed E-state index contributed by atoms with van der Waals surface area (Å²) >= 11 is 0. The predicted octanol–water partition coefficient (Wildman–Crippen LogP) is 4.27. The number of benzene rings is 5. The number of hydrogen-bond donors (Lipinski definition) is 15. The highest BCUT2D eigenvalue weighted by Crippen LogP contribution is 2.42. The molecule has 34 nitrogen and oxygen atoms in total. The number of phenols is 3. The molecule has 116 heavy (non-hydrogen) atoms. The fraction of sp³-hybridized carbons (Fsp3) is 0.439. The summed E-state index contributed by atoms with van der Waals surface area (Å²) in [5, 5.41) is 91.2. The van der Waals surface area contributed by atoms with Crippen molar-refractivity contribution in [2.24, 2.45) is 17.8 Å². The van der Waals surface area contributed by atoms with Crippen LogP contribution in [0.4, 0.5) is 0 Å². The third-order valence-corrected chi connectivity index (χ3v) is 20.8. The number of fused-ring (bicyclic) bond motifs is 2. The van der Waals surface area contributed by atoms with E-state index < -0.39 is 206 Å². The number of aldehydes is 1. The molecule has 620 valence electrons. The lowest BCUT2D eigenvalue weighted by Crippen LogP contribution is -2.61. The molecule has 2 saturated heterocycles. The van der Waals surface area contributed by atoms with E-state index in [-0.39, 0.29) is 109 Å². The molecule has 4 aliphatic rings. The minimum atomic E-state index is -1.88. The average molecular weight is 1610 g/mol. The van der Waals surface area contributed by atoms with Crippen LogP contribution in [0.2, 0.25) is 0 Å². The Bertz CT molecular complexity index is 4680. The molecule has 15 N–H and O–H groups in total. The zero-order valence-electron chi connectivity index (χ0n) is 64.9. The van der Waals surface area contributed by atoms with Crippen LogP contribution in [0, 0.1) is 17.8 Å². The lowest BCUT2D eigenvalue weighted by Gasteiger charge is -2.33. The summed E-state index contributed by atoms with van der Waals surface area (Å²) < 4.78 is 5.94. The van der Waals surface area contributed by atoms with Crippen LogP contribution in [-0.2, 0) is 75.2 Å². The predicted molar refractivity (Wildman–Crippen MR) is 416 cm³/mol. The van der Waals surface area contributed by atoms with Gasteiger partial charge in [-0.1, -0.05) is 84.7 Å². The summed E-state index contributed by atoms with van der Waals surface area (Å²) in [6.45, 7) is 10.1. The van der Waals surface area contributed by atoms with Gasteiger partial charge < -0.3 is 92.5 Å². The number of carboxylic acids is 4. The third-order valence-electron chi connectivity index (χ3n) is 20.8. The Kier molecular flexibility index (Phi) is 31.2. The lowest BCUT2D eigenvalue weighted by atomic mass is 9.90. The van der Waals surface area contributed by atoms with Crippen molar-refractivity contribution in [3.05, 3.63) is 136 Å². The molecule has 34 heteroatoms. The van der Waals surface area contributed by atoms with Crippen LogP contribution in [-0.4, -0.2) is 208 Å². The molecular weight excluding hydrogens is 1510 g/mol. The third kappa shape index (κ3) is 23.7. The zero-order valence-corrected chi connectivity index (χ0v) is 64.9. The van der Waals surface area contributed by atoms with E-state index in [1.165, 1.54) is 108 Å². The van der Waals surface area contributed by atoms with Crippen LogP contribution in [0.5, 0.6) is 17.2 Å². The normalized spacial score (nSPS) is 16.5.